The van der Waals surface area contributed by atoms with Gasteiger partial charge >= 0.3 is 0 Å². The Morgan fingerprint density at radius 1 is 1.11 bits per heavy atom. The van der Waals surface area contributed by atoms with Gasteiger partial charge in [-0.3, -0.25) is 9.69 Å². The van der Waals surface area contributed by atoms with Gasteiger partial charge in [0.2, 0.25) is 0 Å². The molecule has 2 N–H and O–H groups in total. The molecule has 2 aliphatic heterocycles. The lowest BCUT2D eigenvalue weighted by atomic mass is 10.1. The molecule has 0 aromatic carbocycles. The van der Waals surface area contributed by atoms with Crippen LogP contribution in [0.2, 0.25) is 0 Å². The van der Waals surface area contributed by atoms with Crippen LogP contribution in [0.3, 0.4) is 0 Å². The average molecular weight is 253 g/mol. The topological polar surface area (TPSA) is 58.8 Å². The molecule has 5 heteroatoms. The zero-order valence-electron chi connectivity index (χ0n) is 10.9. The van der Waals surface area contributed by atoms with Gasteiger partial charge in [-0.05, 0) is 25.7 Å². The minimum atomic E-state index is -0.231. The maximum Gasteiger partial charge on any atom is 0.251 e. The van der Waals surface area contributed by atoms with Gasteiger partial charge in [0, 0.05) is 38.8 Å². The molecule has 2 saturated heterocycles. The van der Waals surface area contributed by atoms with Crippen molar-refractivity contribution in [2.45, 2.75) is 43.9 Å². The minimum absolute atomic E-state index is 0.0895. The molecule has 3 aliphatic rings. The van der Waals surface area contributed by atoms with Crippen LogP contribution in [0.4, 0.5) is 0 Å². The summed E-state index contributed by atoms with van der Waals surface area (Å²) < 4.78 is 5.68. The molecule has 5 nitrogen and oxygen atoms in total. The largest absolute Gasteiger partial charge is 0.364 e. The Hall–Kier alpha value is -0.650. The summed E-state index contributed by atoms with van der Waals surface area (Å²) in [5.41, 5.74) is 5.58. The molecule has 0 bridgehead atoms. The van der Waals surface area contributed by atoms with E-state index >= 15 is 0 Å². The third-order valence-corrected chi connectivity index (χ3v) is 4.34. The fraction of sp³-hybridized carbons (Fsp3) is 0.923. The fourth-order valence-corrected chi connectivity index (χ4v) is 3.01. The second kappa shape index (κ2) is 5.15. The molecule has 102 valence electrons. The molecule has 2 heterocycles. The number of hydrogen-bond donors (Lipinski definition) is 1. The van der Waals surface area contributed by atoms with Crippen LogP contribution >= 0.6 is 0 Å². The van der Waals surface area contributed by atoms with Gasteiger partial charge in [-0.2, -0.15) is 0 Å². The maximum absolute atomic E-state index is 12.3. The van der Waals surface area contributed by atoms with E-state index in [4.69, 9.17) is 10.5 Å². The van der Waals surface area contributed by atoms with E-state index in [0.717, 1.165) is 45.1 Å². The summed E-state index contributed by atoms with van der Waals surface area (Å²) in [4.78, 5) is 16.8. The van der Waals surface area contributed by atoms with Gasteiger partial charge in [-0.25, -0.2) is 0 Å². The standard InChI is InChI=1S/C13H23N3O2/c14-9-11-3-4-12(18-11)13(17)16-7-5-15(6-8-16)10-1-2-10/h10-12H,1-9,14H2/t11-,12+/m1/s1. The quantitative estimate of drug-likeness (QED) is 0.757. The summed E-state index contributed by atoms with van der Waals surface area (Å²) in [7, 11) is 0. The lowest BCUT2D eigenvalue weighted by Crippen LogP contribution is -2.52. The Balaban J connectivity index is 1.48. The smallest absolute Gasteiger partial charge is 0.251 e. The summed E-state index contributed by atoms with van der Waals surface area (Å²) in [6.45, 7) is 4.32. The molecule has 3 fully saturated rings. The highest BCUT2D eigenvalue weighted by Gasteiger charge is 2.36. The van der Waals surface area contributed by atoms with E-state index in [1.54, 1.807) is 0 Å². The Labute approximate surface area is 108 Å². The predicted octanol–water partition coefficient (Wildman–Crippen LogP) is -0.201. The van der Waals surface area contributed by atoms with Crippen LogP contribution in [0.5, 0.6) is 0 Å². The van der Waals surface area contributed by atoms with Crippen molar-refractivity contribution in [2.75, 3.05) is 32.7 Å². The zero-order valence-corrected chi connectivity index (χ0v) is 10.9. The molecule has 0 radical (unpaired) electrons. The number of hydrogen-bond acceptors (Lipinski definition) is 4. The van der Waals surface area contributed by atoms with Gasteiger partial charge < -0.3 is 15.4 Å². The Morgan fingerprint density at radius 3 is 2.39 bits per heavy atom. The van der Waals surface area contributed by atoms with Gasteiger partial charge in [0.05, 0.1) is 6.10 Å². The second-order valence-corrected chi connectivity index (χ2v) is 5.65. The molecule has 1 amide bonds. The van der Waals surface area contributed by atoms with Crippen molar-refractivity contribution in [3.63, 3.8) is 0 Å². The molecule has 1 saturated carbocycles. The molecule has 0 unspecified atom stereocenters. The Bertz CT molecular complexity index is 311. The lowest BCUT2D eigenvalue weighted by Gasteiger charge is -2.35. The molecule has 0 spiro atoms. The number of amides is 1. The van der Waals surface area contributed by atoms with Crippen LogP contribution in [-0.4, -0.2) is 66.7 Å². The first-order valence-corrected chi connectivity index (χ1v) is 7.16. The summed E-state index contributed by atoms with van der Waals surface area (Å²) in [5.74, 6) is 0.182. The predicted molar refractivity (Wildman–Crippen MR) is 68.1 cm³/mol. The normalized spacial score (nSPS) is 33.9. The molecule has 1 aliphatic carbocycles. The van der Waals surface area contributed by atoms with E-state index in [2.05, 4.69) is 4.90 Å². The van der Waals surface area contributed by atoms with Gasteiger partial charge in [0.15, 0.2) is 0 Å². The van der Waals surface area contributed by atoms with Crippen molar-refractivity contribution in [1.82, 2.24) is 9.80 Å². The van der Waals surface area contributed by atoms with Crippen molar-refractivity contribution in [2.24, 2.45) is 5.73 Å². The molecular weight excluding hydrogens is 230 g/mol. The fourth-order valence-electron chi connectivity index (χ4n) is 3.01. The summed E-state index contributed by atoms with van der Waals surface area (Å²) in [6, 6.07) is 0.812. The second-order valence-electron chi connectivity index (χ2n) is 5.65. The third kappa shape index (κ3) is 2.53. The van der Waals surface area contributed by atoms with Crippen LogP contribution in [0.25, 0.3) is 0 Å². The van der Waals surface area contributed by atoms with E-state index in [9.17, 15) is 4.79 Å². The zero-order chi connectivity index (χ0) is 12.5. The van der Waals surface area contributed by atoms with Gasteiger partial charge in [-0.1, -0.05) is 0 Å². The lowest BCUT2D eigenvalue weighted by molar-refractivity contribution is -0.144. The van der Waals surface area contributed by atoms with Crippen LogP contribution in [0.1, 0.15) is 25.7 Å². The monoisotopic (exact) mass is 253 g/mol. The first kappa shape index (κ1) is 12.4. The summed E-state index contributed by atoms with van der Waals surface area (Å²) in [6.07, 6.45) is 4.31. The average Bonchev–Trinajstić information content (AvgIpc) is 3.16. The van der Waals surface area contributed by atoms with E-state index in [0.29, 0.717) is 6.54 Å². The van der Waals surface area contributed by atoms with E-state index in [-0.39, 0.29) is 18.1 Å². The van der Waals surface area contributed by atoms with E-state index < -0.39 is 0 Å². The van der Waals surface area contributed by atoms with Crippen LogP contribution in [0.15, 0.2) is 0 Å². The third-order valence-electron chi connectivity index (χ3n) is 4.34. The van der Waals surface area contributed by atoms with E-state index in [1.165, 1.54) is 12.8 Å². The number of carbonyl (C=O) groups is 1. The van der Waals surface area contributed by atoms with Crippen LogP contribution in [0, 0.1) is 0 Å². The Morgan fingerprint density at radius 2 is 1.83 bits per heavy atom. The van der Waals surface area contributed by atoms with Gasteiger partial charge in [0.25, 0.3) is 5.91 Å². The van der Waals surface area contributed by atoms with E-state index in [1.807, 2.05) is 4.90 Å². The molecule has 0 aromatic heterocycles. The summed E-state index contributed by atoms with van der Waals surface area (Å²) >= 11 is 0. The van der Waals surface area contributed by atoms with Crippen molar-refractivity contribution in [3.8, 4) is 0 Å². The highest BCUT2D eigenvalue weighted by atomic mass is 16.5. The van der Waals surface area contributed by atoms with Crippen molar-refractivity contribution < 1.29 is 9.53 Å². The molecular formula is C13H23N3O2. The SMILES string of the molecule is NC[C@H]1CC[C@@H](C(=O)N2CCN(C3CC3)CC2)O1. The van der Waals surface area contributed by atoms with Crippen molar-refractivity contribution in [3.05, 3.63) is 0 Å². The maximum atomic E-state index is 12.3. The first-order valence-electron chi connectivity index (χ1n) is 7.16. The van der Waals surface area contributed by atoms with Crippen LogP contribution < -0.4 is 5.73 Å². The number of nitrogens with zero attached hydrogens (tertiary/aromatic N) is 2. The molecule has 0 aromatic rings. The minimum Gasteiger partial charge on any atom is -0.364 e. The number of rotatable bonds is 3. The number of ether oxygens (including phenoxy) is 1. The molecule has 18 heavy (non-hydrogen) atoms. The highest BCUT2D eigenvalue weighted by Crippen LogP contribution is 2.28. The van der Waals surface area contributed by atoms with Gasteiger partial charge in [-0.15, -0.1) is 0 Å². The van der Waals surface area contributed by atoms with Gasteiger partial charge in [0.1, 0.15) is 6.10 Å². The Kier molecular flexibility index (Phi) is 3.54. The number of carbonyl (C=O) groups excluding carboxylic acids is 1. The summed E-state index contributed by atoms with van der Waals surface area (Å²) in [5, 5.41) is 0. The van der Waals surface area contributed by atoms with Crippen molar-refractivity contribution in [1.29, 1.82) is 0 Å². The first-order chi connectivity index (χ1) is 8.78. The van der Waals surface area contributed by atoms with Crippen molar-refractivity contribution >= 4 is 5.91 Å². The number of piperazine rings is 1. The highest BCUT2D eigenvalue weighted by molar-refractivity contribution is 5.81. The molecule has 2 atom stereocenters. The number of nitrogens with two attached hydrogens (primary N) is 1. The molecule has 3 rings (SSSR count). The van der Waals surface area contributed by atoms with Crippen LogP contribution in [-0.2, 0) is 9.53 Å².